The molecule has 2 N–H and O–H groups in total. The van der Waals surface area contributed by atoms with E-state index >= 15 is 0 Å². The Morgan fingerprint density at radius 3 is 2.81 bits per heavy atom. The lowest BCUT2D eigenvalue weighted by Gasteiger charge is -2.01. The van der Waals surface area contributed by atoms with Crippen molar-refractivity contribution >= 4 is 0 Å². The van der Waals surface area contributed by atoms with Crippen molar-refractivity contribution in [3.63, 3.8) is 0 Å². The molecule has 0 aliphatic heterocycles. The van der Waals surface area contributed by atoms with Gasteiger partial charge in [0.1, 0.15) is 0 Å². The largest absolute Gasteiger partial charge is 0.326 e. The van der Waals surface area contributed by atoms with Crippen molar-refractivity contribution in [2.75, 3.05) is 0 Å². The quantitative estimate of drug-likeness (QED) is 0.844. The highest BCUT2D eigenvalue weighted by molar-refractivity contribution is 5.26. The molecule has 16 heavy (non-hydrogen) atoms. The van der Waals surface area contributed by atoms with Gasteiger partial charge in [-0.1, -0.05) is 6.07 Å². The van der Waals surface area contributed by atoms with Gasteiger partial charge in [-0.2, -0.15) is 5.10 Å². The second-order valence-electron chi connectivity index (χ2n) is 4.19. The number of aromatic nitrogens is 3. The van der Waals surface area contributed by atoms with Gasteiger partial charge in [0.25, 0.3) is 0 Å². The zero-order valence-corrected chi connectivity index (χ0v) is 9.00. The van der Waals surface area contributed by atoms with E-state index in [0.717, 1.165) is 11.4 Å². The van der Waals surface area contributed by atoms with Gasteiger partial charge in [-0.25, -0.2) is 9.67 Å². The Kier molecular flexibility index (Phi) is 2.22. The van der Waals surface area contributed by atoms with Crippen molar-refractivity contribution in [1.29, 1.82) is 0 Å². The standard InChI is InChI=1S/C12H14N4/c13-7-9-1-4-12(14-8-9)16-6-5-11(15-16)10-2-3-10/h1,4-6,8,10H,2-3,7,13H2. The Morgan fingerprint density at radius 2 is 2.19 bits per heavy atom. The molecule has 0 bridgehead atoms. The van der Waals surface area contributed by atoms with Gasteiger partial charge >= 0.3 is 0 Å². The van der Waals surface area contributed by atoms with Crippen LogP contribution in [0.4, 0.5) is 0 Å². The fourth-order valence-corrected chi connectivity index (χ4v) is 1.74. The van der Waals surface area contributed by atoms with Crippen LogP contribution in [0.1, 0.15) is 30.0 Å². The molecule has 1 aliphatic rings. The minimum Gasteiger partial charge on any atom is -0.326 e. The third-order valence-corrected chi connectivity index (χ3v) is 2.88. The Bertz CT molecular complexity index is 482. The van der Waals surface area contributed by atoms with Gasteiger partial charge in [0.05, 0.1) is 5.69 Å². The summed E-state index contributed by atoms with van der Waals surface area (Å²) in [5.74, 6) is 1.54. The summed E-state index contributed by atoms with van der Waals surface area (Å²) in [7, 11) is 0. The summed E-state index contributed by atoms with van der Waals surface area (Å²) in [6, 6.07) is 6.02. The maximum Gasteiger partial charge on any atom is 0.153 e. The van der Waals surface area contributed by atoms with Crippen LogP contribution in [0, 0.1) is 0 Å². The van der Waals surface area contributed by atoms with Crippen LogP contribution in [-0.4, -0.2) is 14.8 Å². The molecule has 0 saturated heterocycles. The van der Waals surface area contributed by atoms with E-state index in [1.165, 1.54) is 18.5 Å². The molecule has 2 aromatic rings. The highest BCUT2D eigenvalue weighted by Gasteiger charge is 2.25. The molecule has 4 nitrogen and oxygen atoms in total. The van der Waals surface area contributed by atoms with Gasteiger partial charge < -0.3 is 5.73 Å². The number of hydrogen-bond donors (Lipinski definition) is 1. The summed E-state index contributed by atoms with van der Waals surface area (Å²) in [5, 5.41) is 4.52. The van der Waals surface area contributed by atoms with Crippen molar-refractivity contribution in [1.82, 2.24) is 14.8 Å². The molecule has 1 saturated carbocycles. The number of hydrogen-bond acceptors (Lipinski definition) is 3. The van der Waals surface area contributed by atoms with Gasteiger partial charge in [0, 0.05) is 24.9 Å². The Morgan fingerprint density at radius 1 is 1.31 bits per heavy atom. The molecule has 1 fully saturated rings. The average molecular weight is 214 g/mol. The van der Waals surface area contributed by atoms with E-state index in [-0.39, 0.29) is 0 Å². The Balaban J connectivity index is 1.88. The van der Waals surface area contributed by atoms with E-state index in [4.69, 9.17) is 5.73 Å². The third kappa shape index (κ3) is 1.72. The normalized spacial score (nSPS) is 15.3. The van der Waals surface area contributed by atoms with Crippen molar-refractivity contribution in [3.05, 3.63) is 41.9 Å². The van der Waals surface area contributed by atoms with Crippen molar-refractivity contribution in [2.45, 2.75) is 25.3 Å². The first kappa shape index (κ1) is 9.54. The molecular formula is C12H14N4. The molecule has 0 atom stereocenters. The summed E-state index contributed by atoms with van der Waals surface area (Å²) in [6.45, 7) is 0.527. The number of nitrogens with zero attached hydrogens (tertiary/aromatic N) is 3. The molecule has 0 spiro atoms. The zero-order valence-electron chi connectivity index (χ0n) is 9.00. The van der Waals surface area contributed by atoms with Crippen LogP contribution in [0.25, 0.3) is 5.82 Å². The van der Waals surface area contributed by atoms with Crippen LogP contribution < -0.4 is 5.73 Å². The molecule has 0 unspecified atom stereocenters. The minimum absolute atomic E-state index is 0.527. The maximum absolute atomic E-state index is 5.53. The lowest BCUT2D eigenvalue weighted by atomic mass is 10.3. The van der Waals surface area contributed by atoms with E-state index in [1.807, 2.05) is 23.0 Å². The molecule has 1 aliphatic carbocycles. The highest BCUT2D eigenvalue weighted by atomic mass is 15.3. The second kappa shape index (κ2) is 3.72. The van der Waals surface area contributed by atoms with Crippen LogP contribution in [-0.2, 0) is 6.54 Å². The van der Waals surface area contributed by atoms with Crippen LogP contribution in [0.2, 0.25) is 0 Å². The Hall–Kier alpha value is -1.68. The van der Waals surface area contributed by atoms with E-state index in [2.05, 4.69) is 16.1 Å². The number of pyridine rings is 1. The number of rotatable bonds is 3. The monoisotopic (exact) mass is 214 g/mol. The molecule has 0 amide bonds. The van der Waals surface area contributed by atoms with E-state index in [9.17, 15) is 0 Å². The zero-order chi connectivity index (χ0) is 11.0. The fourth-order valence-electron chi connectivity index (χ4n) is 1.74. The predicted molar refractivity (Wildman–Crippen MR) is 61.2 cm³/mol. The van der Waals surface area contributed by atoms with Crippen LogP contribution in [0.15, 0.2) is 30.6 Å². The molecule has 82 valence electrons. The smallest absolute Gasteiger partial charge is 0.153 e. The first-order valence-corrected chi connectivity index (χ1v) is 5.58. The molecule has 2 aromatic heterocycles. The third-order valence-electron chi connectivity index (χ3n) is 2.88. The lowest BCUT2D eigenvalue weighted by Crippen LogP contribution is -2.01. The summed E-state index contributed by atoms with van der Waals surface area (Å²) in [6.07, 6.45) is 6.32. The summed E-state index contributed by atoms with van der Waals surface area (Å²) < 4.78 is 1.83. The van der Waals surface area contributed by atoms with Crippen LogP contribution in [0.5, 0.6) is 0 Å². The second-order valence-corrected chi connectivity index (χ2v) is 4.19. The van der Waals surface area contributed by atoms with Gasteiger partial charge in [0.2, 0.25) is 0 Å². The van der Waals surface area contributed by atoms with Crippen molar-refractivity contribution < 1.29 is 0 Å². The average Bonchev–Trinajstić information content (AvgIpc) is 3.08. The molecule has 2 heterocycles. The highest BCUT2D eigenvalue weighted by Crippen LogP contribution is 2.38. The molecule has 0 radical (unpaired) electrons. The van der Waals surface area contributed by atoms with Gasteiger partial charge in [-0.15, -0.1) is 0 Å². The minimum atomic E-state index is 0.527. The Labute approximate surface area is 94.1 Å². The van der Waals surface area contributed by atoms with Crippen molar-refractivity contribution in [2.24, 2.45) is 5.73 Å². The predicted octanol–water partition coefficient (Wildman–Crippen LogP) is 1.60. The number of nitrogens with two attached hydrogens (primary N) is 1. The first-order valence-electron chi connectivity index (χ1n) is 5.58. The summed E-state index contributed by atoms with van der Waals surface area (Å²) in [5.41, 5.74) is 7.75. The molecule has 0 aromatic carbocycles. The fraction of sp³-hybridized carbons (Fsp3) is 0.333. The maximum atomic E-state index is 5.53. The lowest BCUT2D eigenvalue weighted by molar-refractivity contribution is 0.810. The first-order chi connectivity index (χ1) is 7.86. The van der Waals surface area contributed by atoms with E-state index in [1.54, 1.807) is 6.20 Å². The molecular weight excluding hydrogens is 200 g/mol. The molecule has 4 heteroatoms. The van der Waals surface area contributed by atoms with Crippen molar-refractivity contribution in [3.8, 4) is 5.82 Å². The van der Waals surface area contributed by atoms with E-state index < -0.39 is 0 Å². The molecule has 3 rings (SSSR count). The summed E-state index contributed by atoms with van der Waals surface area (Å²) >= 11 is 0. The SMILES string of the molecule is NCc1ccc(-n2ccc(C3CC3)n2)nc1. The van der Waals surface area contributed by atoms with Crippen LogP contribution >= 0.6 is 0 Å². The van der Waals surface area contributed by atoms with Gasteiger partial charge in [-0.05, 0) is 30.5 Å². The topological polar surface area (TPSA) is 56.7 Å². The van der Waals surface area contributed by atoms with Gasteiger partial charge in [0.15, 0.2) is 5.82 Å². The van der Waals surface area contributed by atoms with Gasteiger partial charge in [-0.3, -0.25) is 0 Å². The van der Waals surface area contributed by atoms with Crippen LogP contribution in [0.3, 0.4) is 0 Å². The van der Waals surface area contributed by atoms with E-state index in [0.29, 0.717) is 12.5 Å². The summed E-state index contributed by atoms with van der Waals surface area (Å²) in [4.78, 5) is 4.33.